The number of carbonyl (C=O) groups is 6. The molecular formula is C20H37N7O8. The maximum Gasteiger partial charge on any atom is 0.326 e. The van der Waals surface area contributed by atoms with E-state index in [9.17, 15) is 39.0 Å². The van der Waals surface area contributed by atoms with Crippen molar-refractivity contribution in [3.63, 3.8) is 0 Å². The van der Waals surface area contributed by atoms with E-state index in [4.69, 9.17) is 22.9 Å². The Morgan fingerprint density at radius 3 is 1.60 bits per heavy atom. The molecule has 0 radical (unpaired) electrons. The van der Waals surface area contributed by atoms with E-state index in [2.05, 4.69) is 16.0 Å². The summed E-state index contributed by atoms with van der Waals surface area (Å²) in [5.74, 6) is -5.45. The van der Waals surface area contributed by atoms with Gasteiger partial charge in [0.25, 0.3) is 0 Å². The quantitative estimate of drug-likeness (QED) is 0.0814. The smallest absolute Gasteiger partial charge is 0.326 e. The van der Waals surface area contributed by atoms with Crippen molar-refractivity contribution in [2.45, 2.75) is 82.1 Å². The number of aliphatic hydroxyl groups excluding tert-OH is 1. The van der Waals surface area contributed by atoms with E-state index in [1.54, 1.807) is 0 Å². The second-order valence-electron chi connectivity index (χ2n) is 8.08. The highest BCUT2D eigenvalue weighted by molar-refractivity contribution is 5.94. The molecule has 0 saturated carbocycles. The molecule has 0 rings (SSSR count). The van der Waals surface area contributed by atoms with Crippen molar-refractivity contribution < 1.29 is 39.0 Å². The number of nitrogens with one attached hydrogen (secondary N) is 3. The van der Waals surface area contributed by atoms with Crippen molar-refractivity contribution in [1.82, 2.24) is 16.0 Å². The number of primary amides is 2. The minimum Gasteiger partial charge on any atom is -0.480 e. The third-order valence-electron chi connectivity index (χ3n) is 5.01. The predicted molar refractivity (Wildman–Crippen MR) is 123 cm³/mol. The van der Waals surface area contributed by atoms with Gasteiger partial charge in [0, 0.05) is 12.8 Å². The summed E-state index contributed by atoms with van der Waals surface area (Å²) in [6.45, 7) is 1.59. The Balaban J connectivity index is 5.59. The van der Waals surface area contributed by atoms with Crippen LogP contribution < -0.4 is 38.9 Å². The van der Waals surface area contributed by atoms with Crippen LogP contribution in [0.4, 0.5) is 0 Å². The van der Waals surface area contributed by atoms with Crippen LogP contribution in [0, 0.1) is 0 Å². The van der Waals surface area contributed by atoms with Crippen molar-refractivity contribution in [3.8, 4) is 0 Å². The number of carbonyl (C=O) groups excluding carboxylic acids is 5. The van der Waals surface area contributed by atoms with Crippen molar-refractivity contribution in [2.24, 2.45) is 22.9 Å². The first-order valence-corrected chi connectivity index (χ1v) is 11.1. The van der Waals surface area contributed by atoms with E-state index >= 15 is 0 Å². The van der Waals surface area contributed by atoms with Crippen LogP contribution in [0.3, 0.4) is 0 Å². The summed E-state index contributed by atoms with van der Waals surface area (Å²) >= 11 is 0. The molecule has 35 heavy (non-hydrogen) atoms. The minimum atomic E-state index is -1.43. The number of hydrogen-bond donors (Lipinski definition) is 9. The molecule has 0 aliphatic rings. The van der Waals surface area contributed by atoms with Crippen molar-refractivity contribution >= 4 is 35.5 Å². The number of rotatable bonds is 18. The monoisotopic (exact) mass is 503 g/mol. The lowest BCUT2D eigenvalue weighted by molar-refractivity contribution is -0.142. The number of aliphatic hydroxyl groups is 1. The summed E-state index contributed by atoms with van der Waals surface area (Å²) in [6, 6.07) is -5.33. The summed E-state index contributed by atoms with van der Waals surface area (Å²) in [4.78, 5) is 71.6. The molecule has 13 N–H and O–H groups in total. The minimum absolute atomic E-state index is 0.0839. The first-order chi connectivity index (χ1) is 16.3. The predicted octanol–water partition coefficient (Wildman–Crippen LogP) is -4.11. The SMILES string of the molecule is CC(O)C(N)C(=O)NC(CCC(N)=O)C(=O)NC(CCCCN)C(=O)NC(CCC(N)=O)C(=O)O. The molecule has 5 atom stereocenters. The molecule has 0 spiro atoms. The molecular weight excluding hydrogens is 466 g/mol. The number of hydrogen-bond acceptors (Lipinski definition) is 9. The number of nitrogens with two attached hydrogens (primary N) is 4. The molecule has 0 bridgehead atoms. The molecule has 0 aromatic heterocycles. The second-order valence-corrected chi connectivity index (χ2v) is 8.08. The number of unbranched alkanes of at least 4 members (excludes halogenated alkanes) is 1. The van der Waals surface area contributed by atoms with Crippen LogP contribution in [-0.4, -0.2) is 82.5 Å². The van der Waals surface area contributed by atoms with Gasteiger partial charge in [-0.2, -0.15) is 0 Å². The Kier molecular flexibility index (Phi) is 14.8. The van der Waals surface area contributed by atoms with Crippen molar-refractivity contribution in [1.29, 1.82) is 0 Å². The Bertz CT molecular complexity index is 762. The molecule has 0 fully saturated rings. The fraction of sp³-hybridized carbons (Fsp3) is 0.700. The zero-order valence-electron chi connectivity index (χ0n) is 19.7. The molecule has 0 saturated heterocycles. The van der Waals surface area contributed by atoms with Gasteiger partial charge in [-0.3, -0.25) is 24.0 Å². The molecule has 15 nitrogen and oxygen atoms in total. The molecule has 0 heterocycles. The second kappa shape index (κ2) is 16.3. The van der Waals surface area contributed by atoms with Crippen molar-refractivity contribution in [3.05, 3.63) is 0 Å². The summed E-state index contributed by atoms with van der Waals surface area (Å²) in [6.07, 6.45) is -1.26. The molecule has 0 aliphatic carbocycles. The Morgan fingerprint density at radius 2 is 1.17 bits per heavy atom. The highest BCUT2D eigenvalue weighted by Crippen LogP contribution is 2.07. The average Bonchev–Trinajstić information content (AvgIpc) is 2.77. The fourth-order valence-corrected chi connectivity index (χ4v) is 2.89. The van der Waals surface area contributed by atoms with E-state index < -0.39 is 65.8 Å². The number of carboxylic acid groups (broad SMARTS) is 1. The lowest BCUT2D eigenvalue weighted by atomic mass is 10.0. The van der Waals surface area contributed by atoms with Crippen LogP contribution >= 0.6 is 0 Å². The first-order valence-electron chi connectivity index (χ1n) is 11.1. The third kappa shape index (κ3) is 13.2. The average molecular weight is 504 g/mol. The summed E-state index contributed by atoms with van der Waals surface area (Å²) in [5, 5.41) is 25.8. The van der Waals surface area contributed by atoms with E-state index in [1.165, 1.54) is 6.92 Å². The number of carboxylic acids is 1. The van der Waals surface area contributed by atoms with Crippen LogP contribution in [0.25, 0.3) is 0 Å². The maximum atomic E-state index is 12.9. The standard InChI is InChI=1S/C20H37N7O8/c1-10(28)16(24)19(33)26-12(5-7-14(22)29)18(32)25-11(4-2-3-9-21)17(31)27-13(20(34)35)6-8-15(23)30/h10-13,16,28H,2-9,21,24H2,1H3,(H2,22,29)(H2,23,30)(H,25,32)(H,26,33)(H,27,31)(H,34,35). The van der Waals surface area contributed by atoms with Gasteiger partial charge in [0.05, 0.1) is 6.10 Å². The Morgan fingerprint density at radius 1 is 0.743 bits per heavy atom. The van der Waals surface area contributed by atoms with Gasteiger partial charge in [0.2, 0.25) is 29.5 Å². The van der Waals surface area contributed by atoms with Gasteiger partial charge in [-0.15, -0.1) is 0 Å². The molecule has 200 valence electrons. The number of aliphatic carboxylic acids is 1. The van der Waals surface area contributed by atoms with Gasteiger partial charge in [0.1, 0.15) is 24.2 Å². The molecule has 5 unspecified atom stereocenters. The maximum absolute atomic E-state index is 12.9. The Hall–Kier alpha value is -3.30. The van der Waals surface area contributed by atoms with Gasteiger partial charge in [-0.05, 0) is 45.6 Å². The molecule has 0 aromatic carbocycles. The molecule has 5 amide bonds. The van der Waals surface area contributed by atoms with Gasteiger partial charge >= 0.3 is 5.97 Å². The van der Waals surface area contributed by atoms with E-state index in [-0.39, 0.29) is 32.1 Å². The van der Waals surface area contributed by atoms with Crippen molar-refractivity contribution in [2.75, 3.05) is 6.54 Å². The normalized spacial score (nSPS) is 15.1. The van der Waals surface area contributed by atoms with Crippen LogP contribution in [0.2, 0.25) is 0 Å². The first kappa shape index (κ1) is 31.7. The molecule has 0 aliphatic heterocycles. The van der Waals surface area contributed by atoms with E-state index in [0.717, 1.165) is 0 Å². The summed E-state index contributed by atoms with van der Waals surface area (Å²) in [5.41, 5.74) is 21.2. The van der Waals surface area contributed by atoms with Gasteiger partial charge in [0.15, 0.2) is 0 Å². The van der Waals surface area contributed by atoms with Gasteiger partial charge in [-0.25, -0.2) is 4.79 Å². The highest BCUT2D eigenvalue weighted by Gasteiger charge is 2.31. The largest absolute Gasteiger partial charge is 0.480 e. The fourth-order valence-electron chi connectivity index (χ4n) is 2.89. The van der Waals surface area contributed by atoms with Crippen LogP contribution in [0.15, 0.2) is 0 Å². The molecule has 0 aromatic rings. The van der Waals surface area contributed by atoms with Crippen LogP contribution in [-0.2, 0) is 28.8 Å². The Labute approximate surface area is 202 Å². The van der Waals surface area contributed by atoms with Gasteiger partial charge < -0.3 is 49.1 Å². The summed E-state index contributed by atoms with van der Waals surface area (Å²) < 4.78 is 0. The topological polar surface area (TPSA) is 283 Å². The van der Waals surface area contributed by atoms with Gasteiger partial charge in [-0.1, -0.05) is 0 Å². The number of amides is 5. The lowest BCUT2D eigenvalue weighted by Crippen LogP contribution is -2.58. The summed E-state index contributed by atoms with van der Waals surface area (Å²) in [7, 11) is 0. The van der Waals surface area contributed by atoms with E-state index in [1.807, 2.05) is 0 Å². The zero-order valence-corrected chi connectivity index (χ0v) is 19.7. The molecule has 15 heteroatoms. The lowest BCUT2D eigenvalue weighted by Gasteiger charge is -2.25. The van der Waals surface area contributed by atoms with Crippen LogP contribution in [0.1, 0.15) is 51.9 Å². The van der Waals surface area contributed by atoms with Crippen LogP contribution in [0.5, 0.6) is 0 Å². The van der Waals surface area contributed by atoms with E-state index in [0.29, 0.717) is 19.4 Å². The zero-order chi connectivity index (χ0) is 27.1. The third-order valence-corrected chi connectivity index (χ3v) is 5.01. The highest BCUT2D eigenvalue weighted by atomic mass is 16.4.